The van der Waals surface area contributed by atoms with Crippen LogP contribution < -0.4 is 9.47 Å². The first-order chi connectivity index (χ1) is 23.1. The zero-order valence-electron chi connectivity index (χ0n) is 31.1. The third kappa shape index (κ3) is 27.8. The Labute approximate surface area is 291 Å². The summed E-state index contributed by atoms with van der Waals surface area (Å²) in [7, 11) is 0. The Morgan fingerprint density at radius 1 is 0.426 bits per heavy atom. The maximum atomic E-state index is 12.5. The summed E-state index contributed by atoms with van der Waals surface area (Å²) in [6, 6.07) is 4.86. The largest absolute Gasteiger partial charge is 0.423 e. The van der Waals surface area contributed by atoms with E-state index in [1.807, 2.05) is 0 Å². The van der Waals surface area contributed by atoms with Gasteiger partial charge < -0.3 is 9.47 Å². The van der Waals surface area contributed by atoms with Gasteiger partial charge in [0.25, 0.3) is 0 Å². The lowest BCUT2D eigenvalue weighted by molar-refractivity contribution is -0.137. The van der Waals surface area contributed by atoms with Crippen molar-refractivity contribution in [3.63, 3.8) is 0 Å². The molecule has 0 saturated heterocycles. The molecular weight excluding hydrogens is 580 g/mol. The van der Waals surface area contributed by atoms with Crippen molar-refractivity contribution in [3.8, 4) is 11.5 Å². The Kier molecular flexibility index (Phi) is 30.0. The number of carbonyl (C=O) groups excluding carboxylic acids is 2. The number of carbonyl (C=O) groups is 2. The van der Waals surface area contributed by atoms with Crippen LogP contribution in [0.15, 0.2) is 18.2 Å². The SMILES string of the molecule is [CH]c1ccc(OC(=O)CCCCCCCCCCCCCCCCC)c(OC(=O)CCCCCCCCCCCCCCCCC)c1. The van der Waals surface area contributed by atoms with Crippen LogP contribution in [0.5, 0.6) is 11.5 Å². The van der Waals surface area contributed by atoms with Crippen molar-refractivity contribution in [1.29, 1.82) is 0 Å². The molecule has 0 aliphatic carbocycles. The highest BCUT2D eigenvalue weighted by Gasteiger charge is 2.14. The van der Waals surface area contributed by atoms with Crippen LogP contribution in [-0.2, 0) is 9.59 Å². The summed E-state index contributed by atoms with van der Waals surface area (Å²) in [4.78, 5) is 25.0. The van der Waals surface area contributed by atoms with Crippen LogP contribution in [0.2, 0.25) is 0 Å². The first-order valence-electron chi connectivity index (χ1n) is 20.4. The van der Waals surface area contributed by atoms with Crippen molar-refractivity contribution in [3.05, 3.63) is 30.7 Å². The van der Waals surface area contributed by atoms with Gasteiger partial charge in [0.15, 0.2) is 11.5 Å². The van der Waals surface area contributed by atoms with Gasteiger partial charge in [-0.15, -0.1) is 0 Å². The normalized spacial score (nSPS) is 11.2. The van der Waals surface area contributed by atoms with Crippen LogP contribution in [-0.4, -0.2) is 11.9 Å². The highest BCUT2D eigenvalue weighted by molar-refractivity contribution is 5.76. The van der Waals surface area contributed by atoms with Gasteiger partial charge in [0, 0.05) is 12.8 Å². The molecule has 47 heavy (non-hydrogen) atoms. The second-order valence-electron chi connectivity index (χ2n) is 14.1. The minimum Gasteiger partial charge on any atom is -0.423 e. The first-order valence-corrected chi connectivity index (χ1v) is 20.4. The van der Waals surface area contributed by atoms with E-state index in [2.05, 4.69) is 13.8 Å². The molecule has 0 fully saturated rings. The highest BCUT2D eigenvalue weighted by Crippen LogP contribution is 2.29. The minimum absolute atomic E-state index is 0.237. The molecule has 1 aromatic carbocycles. The van der Waals surface area contributed by atoms with Crippen LogP contribution in [0.3, 0.4) is 0 Å². The van der Waals surface area contributed by atoms with Crippen molar-refractivity contribution in [1.82, 2.24) is 0 Å². The van der Waals surface area contributed by atoms with Gasteiger partial charge in [0.2, 0.25) is 0 Å². The topological polar surface area (TPSA) is 52.6 Å². The molecule has 0 heterocycles. The zero-order chi connectivity index (χ0) is 34.0. The zero-order valence-corrected chi connectivity index (χ0v) is 31.1. The molecule has 4 heteroatoms. The van der Waals surface area contributed by atoms with E-state index in [1.165, 1.54) is 154 Å². The first kappa shape index (κ1) is 43.2. The average molecular weight is 655 g/mol. The maximum Gasteiger partial charge on any atom is 0.311 e. The lowest BCUT2D eigenvalue weighted by Crippen LogP contribution is -2.12. The van der Waals surface area contributed by atoms with Gasteiger partial charge >= 0.3 is 11.9 Å². The fraction of sp³-hybridized carbons (Fsp3) is 0.791. The molecule has 0 aliphatic heterocycles. The Balaban J connectivity index is 2.07. The van der Waals surface area contributed by atoms with E-state index >= 15 is 0 Å². The second-order valence-corrected chi connectivity index (χ2v) is 14.1. The van der Waals surface area contributed by atoms with Crippen LogP contribution in [0.1, 0.15) is 225 Å². The molecule has 0 unspecified atom stereocenters. The number of unbranched alkanes of at least 4 members (excludes halogenated alkanes) is 28. The van der Waals surface area contributed by atoms with Gasteiger partial charge in [-0.3, -0.25) is 9.59 Å². The van der Waals surface area contributed by atoms with Crippen molar-refractivity contribution >= 4 is 11.9 Å². The average Bonchev–Trinajstić information content (AvgIpc) is 3.06. The molecule has 0 atom stereocenters. The van der Waals surface area contributed by atoms with Gasteiger partial charge in [0.1, 0.15) is 0 Å². The van der Waals surface area contributed by atoms with Gasteiger partial charge in [0.05, 0.1) is 0 Å². The number of rotatable bonds is 34. The van der Waals surface area contributed by atoms with E-state index in [4.69, 9.17) is 16.4 Å². The quantitative estimate of drug-likeness (QED) is 0.0421. The van der Waals surface area contributed by atoms with Crippen molar-refractivity contribution in [2.75, 3.05) is 0 Å². The number of hydrogen-bond donors (Lipinski definition) is 0. The lowest BCUT2D eigenvalue weighted by atomic mass is 10.0. The number of hydrogen-bond acceptors (Lipinski definition) is 4. The van der Waals surface area contributed by atoms with E-state index < -0.39 is 0 Å². The molecule has 270 valence electrons. The van der Waals surface area contributed by atoms with Gasteiger partial charge in [-0.2, -0.15) is 0 Å². The summed E-state index contributed by atoms with van der Waals surface area (Å²) in [5, 5.41) is 0. The van der Waals surface area contributed by atoms with E-state index in [1.54, 1.807) is 18.2 Å². The molecule has 0 spiro atoms. The molecule has 4 nitrogen and oxygen atoms in total. The van der Waals surface area contributed by atoms with Crippen molar-refractivity contribution in [2.45, 2.75) is 219 Å². The third-order valence-electron chi connectivity index (χ3n) is 9.38. The van der Waals surface area contributed by atoms with E-state index in [9.17, 15) is 9.59 Å². The number of benzene rings is 1. The fourth-order valence-electron chi connectivity index (χ4n) is 6.32. The second kappa shape index (κ2) is 32.7. The van der Waals surface area contributed by atoms with Crippen LogP contribution in [0.4, 0.5) is 0 Å². The van der Waals surface area contributed by atoms with E-state index in [0.717, 1.165) is 38.5 Å². The molecule has 0 aliphatic rings. The Morgan fingerprint density at radius 3 is 1.02 bits per heavy atom. The summed E-state index contributed by atoms with van der Waals surface area (Å²) in [5.41, 5.74) is 0.474. The van der Waals surface area contributed by atoms with Gasteiger partial charge in [-0.1, -0.05) is 200 Å². The smallest absolute Gasteiger partial charge is 0.311 e. The molecular formula is C43H74O4. The molecule has 1 aromatic rings. The van der Waals surface area contributed by atoms with Crippen LogP contribution >= 0.6 is 0 Å². The van der Waals surface area contributed by atoms with Crippen LogP contribution in [0.25, 0.3) is 0 Å². The van der Waals surface area contributed by atoms with Crippen LogP contribution in [0, 0.1) is 6.92 Å². The summed E-state index contributed by atoms with van der Waals surface area (Å²) in [6.07, 6.45) is 39.4. The number of ether oxygens (including phenoxy) is 2. The standard InChI is InChI=1S/C43H74O4/c1-4-6-8-10-12-14-16-18-20-22-24-26-28-30-32-34-42(44)46-40-37-36-39(3)38-41(40)47-43(45)35-33-31-29-27-25-23-21-19-17-15-13-11-9-7-5-2/h3,36-38H,4-35H2,1-2H3. The third-order valence-corrected chi connectivity index (χ3v) is 9.38. The molecule has 0 amide bonds. The van der Waals surface area contributed by atoms with Crippen molar-refractivity contribution < 1.29 is 19.1 Å². The molecule has 1 rings (SSSR count). The molecule has 0 aromatic heterocycles. The van der Waals surface area contributed by atoms with Crippen molar-refractivity contribution in [2.24, 2.45) is 0 Å². The fourth-order valence-corrected chi connectivity index (χ4v) is 6.32. The molecule has 0 saturated carbocycles. The Morgan fingerprint density at radius 2 is 0.702 bits per heavy atom. The molecule has 0 N–H and O–H groups in total. The summed E-state index contributed by atoms with van der Waals surface area (Å²) in [6.45, 7) is 10.5. The highest BCUT2D eigenvalue weighted by atomic mass is 16.6. The number of esters is 2. The molecule has 2 radical (unpaired) electrons. The van der Waals surface area contributed by atoms with Gasteiger partial charge in [-0.25, -0.2) is 0 Å². The Hall–Kier alpha value is -1.84. The van der Waals surface area contributed by atoms with E-state index in [0.29, 0.717) is 18.4 Å². The van der Waals surface area contributed by atoms with Gasteiger partial charge in [-0.05, 0) is 37.5 Å². The molecule has 0 bridgehead atoms. The predicted octanol–water partition coefficient (Wildman–Crippen LogP) is 14.1. The lowest BCUT2D eigenvalue weighted by Gasteiger charge is -2.11. The van der Waals surface area contributed by atoms with E-state index in [-0.39, 0.29) is 23.4 Å². The summed E-state index contributed by atoms with van der Waals surface area (Å²) < 4.78 is 11.2. The summed E-state index contributed by atoms with van der Waals surface area (Å²) in [5.74, 6) is -0.0787. The Bertz CT molecular complexity index is 863. The minimum atomic E-state index is -0.301. The summed E-state index contributed by atoms with van der Waals surface area (Å²) >= 11 is 0. The maximum absolute atomic E-state index is 12.5. The monoisotopic (exact) mass is 655 g/mol. The predicted molar refractivity (Wildman–Crippen MR) is 200 cm³/mol.